The summed E-state index contributed by atoms with van der Waals surface area (Å²) < 4.78 is 16.8. The third-order valence-electron chi connectivity index (χ3n) is 3.39. The average Bonchev–Trinajstić information content (AvgIpc) is 3.23. The smallest absolute Gasteiger partial charge is 0.119 e. The van der Waals surface area contributed by atoms with Crippen LogP contribution in [0.25, 0.3) is 0 Å². The SMILES string of the molecule is CCc1ccc(OCC(OCC2CO2)C(C)C)cc1. The molecule has 1 aliphatic heterocycles. The Morgan fingerprint density at radius 2 is 1.95 bits per heavy atom. The summed E-state index contributed by atoms with van der Waals surface area (Å²) in [5.74, 6) is 1.35. The van der Waals surface area contributed by atoms with E-state index in [0.717, 1.165) is 18.8 Å². The number of hydrogen-bond donors (Lipinski definition) is 0. The van der Waals surface area contributed by atoms with Crippen LogP contribution in [0.5, 0.6) is 5.75 Å². The van der Waals surface area contributed by atoms with E-state index < -0.39 is 0 Å². The van der Waals surface area contributed by atoms with Gasteiger partial charge in [-0.15, -0.1) is 0 Å². The van der Waals surface area contributed by atoms with Crippen LogP contribution in [0.15, 0.2) is 24.3 Å². The zero-order valence-corrected chi connectivity index (χ0v) is 12.1. The molecule has 1 aromatic carbocycles. The van der Waals surface area contributed by atoms with Crippen molar-refractivity contribution >= 4 is 0 Å². The topological polar surface area (TPSA) is 31.0 Å². The van der Waals surface area contributed by atoms with Gasteiger partial charge in [-0.3, -0.25) is 0 Å². The lowest BCUT2D eigenvalue weighted by Crippen LogP contribution is -2.28. The fourth-order valence-electron chi connectivity index (χ4n) is 1.83. The highest BCUT2D eigenvalue weighted by atomic mass is 16.6. The van der Waals surface area contributed by atoms with Crippen LogP contribution in [0.4, 0.5) is 0 Å². The van der Waals surface area contributed by atoms with Crippen molar-refractivity contribution in [1.29, 1.82) is 0 Å². The molecule has 0 spiro atoms. The van der Waals surface area contributed by atoms with Crippen LogP contribution >= 0.6 is 0 Å². The molecule has 3 nitrogen and oxygen atoms in total. The number of rotatable bonds is 8. The molecule has 0 bridgehead atoms. The first kappa shape index (κ1) is 14.4. The minimum Gasteiger partial charge on any atom is -0.491 e. The van der Waals surface area contributed by atoms with Crippen LogP contribution in [0.1, 0.15) is 26.3 Å². The molecule has 1 saturated heterocycles. The van der Waals surface area contributed by atoms with Crippen molar-refractivity contribution in [2.24, 2.45) is 5.92 Å². The summed E-state index contributed by atoms with van der Waals surface area (Å²) in [5, 5.41) is 0. The molecule has 1 aromatic rings. The molecule has 0 aromatic heterocycles. The molecule has 1 fully saturated rings. The van der Waals surface area contributed by atoms with E-state index in [1.807, 2.05) is 12.1 Å². The van der Waals surface area contributed by atoms with Gasteiger partial charge in [0, 0.05) is 0 Å². The Morgan fingerprint density at radius 3 is 2.47 bits per heavy atom. The minimum atomic E-state index is 0.120. The highest BCUT2D eigenvalue weighted by Gasteiger charge is 2.25. The van der Waals surface area contributed by atoms with Gasteiger partial charge < -0.3 is 14.2 Å². The Hall–Kier alpha value is -1.06. The molecule has 106 valence electrons. The van der Waals surface area contributed by atoms with Crippen LogP contribution in [0.2, 0.25) is 0 Å². The van der Waals surface area contributed by atoms with Crippen LogP contribution in [0, 0.1) is 5.92 Å². The average molecular weight is 264 g/mol. The van der Waals surface area contributed by atoms with Crippen molar-refractivity contribution in [2.75, 3.05) is 19.8 Å². The van der Waals surface area contributed by atoms with Gasteiger partial charge >= 0.3 is 0 Å². The number of hydrogen-bond acceptors (Lipinski definition) is 3. The Bertz CT molecular complexity index is 368. The van der Waals surface area contributed by atoms with Crippen molar-refractivity contribution in [3.8, 4) is 5.75 Å². The van der Waals surface area contributed by atoms with Gasteiger partial charge in [0.05, 0.1) is 19.3 Å². The highest BCUT2D eigenvalue weighted by Crippen LogP contribution is 2.17. The Balaban J connectivity index is 1.78. The van der Waals surface area contributed by atoms with Crippen LogP contribution in [-0.2, 0) is 15.9 Å². The van der Waals surface area contributed by atoms with Gasteiger partial charge in [0.2, 0.25) is 0 Å². The van der Waals surface area contributed by atoms with Gasteiger partial charge in [0.25, 0.3) is 0 Å². The maximum Gasteiger partial charge on any atom is 0.119 e. The molecule has 0 amide bonds. The van der Waals surface area contributed by atoms with Crippen molar-refractivity contribution in [3.63, 3.8) is 0 Å². The van der Waals surface area contributed by atoms with Gasteiger partial charge in [-0.1, -0.05) is 32.9 Å². The zero-order valence-electron chi connectivity index (χ0n) is 12.1. The number of aryl methyl sites for hydroxylation is 1. The first-order valence-electron chi connectivity index (χ1n) is 7.14. The molecule has 0 N–H and O–H groups in total. The van der Waals surface area contributed by atoms with Crippen molar-refractivity contribution < 1.29 is 14.2 Å². The number of ether oxygens (including phenoxy) is 3. The van der Waals surface area contributed by atoms with E-state index in [1.165, 1.54) is 5.56 Å². The third kappa shape index (κ3) is 4.84. The largest absolute Gasteiger partial charge is 0.491 e. The van der Waals surface area contributed by atoms with Crippen molar-refractivity contribution in [1.82, 2.24) is 0 Å². The summed E-state index contributed by atoms with van der Waals surface area (Å²) >= 11 is 0. The molecule has 2 unspecified atom stereocenters. The number of benzene rings is 1. The fourth-order valence-corrected chi connectivity index (χ4v) is 1.83. The Labute approximate surface area is 115 Å². The summed E-state index contributed by atoms with van der Waals surface area (Å²) in [6, 6.07) is 8.28. The van der Waals surface area contributed by atoms with Crippen LogP contribution < -0.4 is 4.74 Å². The first-order chi connectivity index (χ1) is 9.19. The molecule has 19 heavy (non-hydrogen) atoms. The quantitative estimate of drug-likeness (QED) is 0.676. The Morgan fingerprint density at radius 1 is 1.26 bits per heavy atom. The molecule has 3 heteroatoms. The molecule has 0 radical (unpaired) electrons. The lowest BCUT2D eigenvalue weighted by Gasteiger charge is -2.21. The van der Waals surface area contributed by atoms with Crippen molar-refractivity contribution in [3.05, 3.63) is 29.8 Å². The molecular weight excluding hydrogens is 240 g/mol. The monoisotopic (exact) mass is 264 g/mol. The fraction of sp³-hybridized carbons (Fsp3) is 0.625. The molecule has 2 atom stereocenters. The highest BCUT2D eigenvalue weighted by molar-refractivity contribution is 5.27. The lowest BCUT2D eigenvalue weighted by molar-refractivity contribution is -0.0137. The van der Waals surface area contributed by atoms with Crippen LogP contribution in [0.3, 0.4) is 0 Å². The molecule has 2 rings (SSSR count). The maximum atomic E-state index is 5.84. The standard InChI is InChI=1S/C16H24O3/c1-4-13-5-7-14(8-6-13)18-11-16(12(2)3)19-10-15-9-17-15/h5-8,12,15-16H,4,9-11H2,1-3H3. The van der Waals surface area contributed by atoms with E-state index in [0.29, 0.717) is 25.2 Å². The van der Waals surface area contributed by atoms with Gasteiger partial charge in [-0.05, 0) is 30.0 Å². The summed E-state index contributed by atoms with van der Waals surface area (Å²) in [7, 11) is 0. The third-order valence-corrected chi connectivity index (χ3v) is 3.39. The van der Waals surface area contributed by atoms with Crippen LogP contribution in [-0.4, -0.2) is 32.0 Å². The second-order valence-corrected chi connectivity index (χ2v) is 5.38. The number of epoxide rings is 1. The van der Waals surface area contributed by atoms with Crippen molar-refractivity contribution in [2.45, 2.75) is 39.4 Å². The predicted molar refractivity (Wildman–Crippen MR) is 75.6 cm³/mol. The van der Waals surface area contributed by atoms with Gasteiger partial charge in [-0.2, -0.15) is 0 Å². The predicted octanol–water partition coefficient (Wildman–Crippen LogP) is 3.07. The van der Waals surface area contributed by atoms with E-state index >= 15 is 0 Å². The minimum absolute atomic E-state index is 0.120. The summed E-state index contributed by atoms with van der Waals surface area (Å²) in [6.07, 6.45) is 1.49. The van der Waals surface area contributed by atoms with E-state index in [2.05, 4.69) is 32.9 Å². The zero-order chi connectivity index (χ0) is 13.7. The summed E-state index contributed by atoms with van der Waals surface area (Å²) in [6.45, 7) is 8.57. The van der Waals surface area contributed by atoms with E-state index in [-0.39, 0.29) is 6.10 Å². The second kappa shape index (κ2) is 6.92. The van der Waals surface area contributed by atoms with Gasteiger partial charge in [-0.25, -0.2) is 0 Å². The normalized spacial score (nSPS) is 19.5. The van der Waals surface area contributed by atoms with E-state index in [4.69, 9.17) is 14.2 Å². The summed E-state index contributed by atoms with van der Waals surface area (Å²) in [5.41, 5.74) is 1.33. The molecule has 0 aliphatic carbocycles. The molecule has 1 heterocycles. The van der Waals surface area contributed by atoms with Gasteiger partial charge in [0.15, 0.2) is 0 Å². The molecule has 1 aliphatic rings. The molecule has 0 saturated carbocycles. The molecular formula is C16H24O3. The van der Waals surface area contributed by atoms with Gasteiger partial charge in [0.1, 0.15) is 18.5 Å². The maximum absolute atomic E-state index is 5.84. The summed E-state index contributed by atoms with van der Waals surface area (Å²) in [4.78, 5) is 0. The first-order valence-corrected chi connectivity index (χ1v) is 7.14. The second-order valence-electron chi connectivity index (χ2n) is 5.38. The van der Waals surface area contributed by atoms with E-state index in [1.54, 1.807) is 0 Å². The lowest BCUT2D eigenvalue weighted by atomic mass is 10.1. The Kier molecular flexibility index (Phi) is 5.23. The van der Waals surface area contributed by atoms with E-state index in [9.17, 15) is 0 Å².